The maximum atomic E-state index is 2.64. The first-order chi connectivity index (χ1) is 5.78. The van der Waals surface area contributed by atoms with E-state index in [1.54, 1.807) is 0 Å². The van der Waals surface area contributed by atoms with E-state index in [0.717, 1.165) is 17.8 Å². The Morgan fingerprint density at radius 1 is 1.08 bits per heavy atom. The molecule has 2 unspecified atom stereocenters. The molecule has 1 aliphatic carbocycles. The molecule has 2 atom stereocenters. The third-order valence-electron chi connectivity index (χ3n) is 3.62. The summed E-state index contributed by atoms with van der Waals surface area (Å²) in [7, 11) is 0. The molecule has 0 spiro atoms. The fraction of sp³-hybridized carbons (Fsp3) is 1.00. The van der Waals surface area contributed by atoms with E-state index < -0.39 is 0 Å². The van der Waals surface area contributed by atoms with E-state index in [0.29, 0.717) is 0 Å². The molecule has 0 radical (unpaired) electrons. The van der Waals surface area contributed by atoms with E-state index in [1.807, 2.05) is 0 Å². The molecule has 1 saturated heterocycles. The average molecular weight is 167 g/mol. The molecule has 0 aromatic rings. The zero-order valence-corrected chi connectivity index (χ0v) is 8.42. The van der Waals surface area contributed by atoms with Crippen molar-refractivity contribution in [3.8, 4) is 0 Å². The summed E-state index contributed by atoms with van der Waals surface area (Å²) in [5, 5.41) is 0. The van der Waals surface area contributed by atoms with Gasteiger partial charge in [0, 0.05) is 13.1 Å². The van der Waals surface area contributed by atoms with Gasteiger partial charge >= 0.3 is 0 Å². The Morgan fingerprint density at radius 3 is 2.17 bits per heavy atom. The van der Waals surface area contributed by atoms with Gasteiger partial charge in [-0.2, -0.15) is 0 Å². The zero-order chi connectivity index (χ0) is 8.55. The molecular formula is C11H21N. The van der Waals surface area contributed by atoms with Gasteiger partial charge in [-0.05, 0) is 43.6 Å². The summed E-state index contributed by atoms with van der Waals surface area (Å²) in [6.07, 6.45) is 4.51. The van der Waals surface area contributed by atoms with Gasteiger partial charge in [-0.1, -0.05) is 13.8 Å². The van der Waals surface area contributed by atoms with Crippen LogP contribution in [0.1, 0.15) is 33.1 Å². The molecule has 1 heterocycles. The minimum Gasteiger partial charge on any atom is -0.303 e. The van der Waals surface area contributed by atoms with Gasteiger partial charge in [0.1, 0.15) is 0 Å². The van der Waals surface area contributed by atoms with Gasteiger partial charge in [0.25, 0.3) is 0 Å². The molecule has 70 valence electrons. The first-order valence-electron chi connectivity index (χ1n) is 5.50. The number of hydrogen-bond donors (Lipinski definition) is 0. The van der Waals surface area contributed by atoms with Crippen LogP contribution in [-0.4, -0.2) is 24.5 Å². The van der Waals surface area contributed by atoms with E-state index in [1.165, 1.54) is 38.9 Å². The summed E-state index contributed by atoms with van der Waals surface area (Å²) in [5.74, 6) is 3.08. The van der Waals surface area contributed by atoms with Crippen molar-refractivity contribution in [1.29, 1.82) is 0 Å². The molecule has 0 aromatic carbocycles. The lowest BCUT2D eigenvalue weighted by atomic mass is 9.73. The highest BCUT2D eigenvalue weighted by Gasteiger charge is 2.32. The van der Waals surface area contributed by atoms with Gasteiger partial charge in [-0.25, -0.2) is 0 Å². The fourth-order valence-electron chi connectivity index (χ4n) is 3.26. The van der Waals surface area contributed by atoms with E-state index in [2.05, 4.69) is 18.7 Å². The van der Waals surface area contributed by atoms with Crippen LogP contribution in [-0.2, 0) is 0 Å². The van der Waals surface area contributed by atoms with E-state index in [4.69, 9.17) is 0 Å². The van der Waals surface area contributed by atoms with Crippen LogP contribution in [0.4, 0.5) is 0 Å². The van der Waals surface area contributed by atoms with Gasteiger partial charge in [0.15, 0.2) is 0 Å². The van der Waals surface area contributed by atoms with Gasteiger partial charge in [-0.3, -0.25) is 0 Å². The van der Waals surface area contributed by atoms with Crippen LogP contribution in [0.2, 0.25) is 0 Å². The lowest BCUT2D eigenvalue weighted by Gasteiger charge is -2.43. The predicted octanol–water partition coefficient (Wildman–Crippen LogP) is 2.37. The Labute approximate surface area is 76.1 Å². The van der Waals surface area contributed by atoms with Crippen molar-refractivity contribution < 1.29 is 0 Å². The lowest BCUT2D eigenvalue weighted by Crippen LogP contribution is -2.43. The highest BCUT2D eigenvalue weighted by Crippen LogP contribution is 2.37. The molecule has 2 rings (SSSR count). The van der Waals surface area contributed by atoms with Crippen LogP contribution in [0, 0.1) is 17.8 Å². The predicted molar refractivity (Wildman–Crippen MR) is 52.1 cm³/mol. The van der Waals surface area contributed by atoms with Crippen LogP contribution >= 0.6 is 0 Å². The van der Waals surface area contributed by atoms with Crippen molar-refractivity contribution in [2.24, 2.45) is 17.8 Å². The first kappa shape index (κ1) is 8.55. The molecule has 0 N–H and O–H groups in total. The van der Waals surface area contributed by atoms with Crippen LogP contribution in [0.3, 0.4) is 0 Å². The molecule has 2 fully saturated rings. The highest BCUT2D eigenvalue weighted by atomic mass is 15.1. The summed E-state index contributed by atoms with van der Waals surface area (Å²) < 4.78 is 0. The Morgan fingerprint density at radius 2 is 1.67 bits per heavy atom. The number of likely N-dealkylation sites (tertiary alicyclic amines) is 1. The highest BCUT2D eigenvalue weighted by molar-refractivity contribution is 4.85. The quantitative estimate of drug-likeness (QED) is 0.579. The third-order valence-corrected chi connectivity index (χ3v) is 3.62. The molecule has 1 nitrogen and oxygen atoms in total. The topological polar surface area (TPSA) is 3.24 Å². The Kier molecular flexibility index (Phi) is 2.40. The third kappa shape index (κ3) is 1.66. The molecule has 2 bridgehead atoms. The first-order valence-corrected chi connectivity index (χ1v) is 5.50. The SMILES string of the molecule is CCN1CC2CC(C)CC(C2)C1. The minimum absolute atomic E-state index is 1.01. The fourth-order valence-corrected chi connectivity index (χ4v) is 3.26. The van der Waals surface area contributed by atoms with Gasteiger partial charge < -0.3 is 4.90 Å². The van der Waals surface area contributed by atoms with Crippen molar-refractivity contribution in [3.05, 3.63) is 0 Å². The summed E-state index contributed by atoms with van der Waals surface area (Å²) in [6, 6.07) is 0. The molecule has 2 aliphatic rings. The molecule has 1 aliphatic heterocycles. The molecule has 1 saturated carbocycles. The maximum absolute atomic E-state index is 2.64. The molecule has 0 amide bonds. The number of fused-ring (bicyclic) bond motifs is 2. The van der Waals surface area contributed by atoms with Gasteiger partial charge in [0.05, 0.1) is 0 Å². The second-order valence-electron chi connectivity index (χ2n) is 4.90. The number of piperidine rings is 1. The average Bonchev–Trinajstić information content (AvgIpc) is 2.02. The molecular weight excluding hydrogens is 146 g/mol. The van der Waals surface area contributed by atoms with Gasteiger partial charge in [0.2, 0.25) is 0 Å². The Hall–Kier alpha value is -0.0400. The van der Waals surface area contributed by atoms with Crippen molar-refractivity contribution in [2.75, 3.05) is 19.6 Å². The van der Waals surface area contributed by atoms with Crippen molar-refractivity contribution in [2.45, 2.75) is 33.1 Å². The van der Waals surface area contributed by atoms with Crippen molar-refractivity contribution in [3.63, 3.8) is 0 Å². The summed E-state index contributed by atoms with van der Waals surface area (Å²) >= 11 is 0. The van der Waals surface area contributed by atoms with Crippen LogP contribution in [0.25, 0.3) is 0 Å². The second-order valence-corrected chi connectivity index (χ2v) is 4.90. The molecule has 1 heteroatoms. The zero-order valence-electron chi connectivity index (χ0n) is 8.42. The smallest absolute Gasteiger partial charge is 0.000987 e. The molecule has 0 aromatic heterocycles. The maximum Gasteiger partial charge on any atom is 0.000987 e. The normalized spacial score (nSPS) is 43.0. The summed E-state index contributed by atoms with van der Waals surface area (Å²) in [5.41, 5.74) is 0. The summed E-state index contributed by atoms with van der Waals surface area (Å²) in [4.78, 5) is 2.64. The van der Waals surface area contributed by atoms with Crippen LogP contribution in [0.5, 0.6) is 0 Å². The van der Waals surface area contributed by atoms with E-state index >= 15 is 0 Å². The second kappa shape index (κ2) is 3.37. The van der Waals surface area contributed by atoms with Crippen molar-refractivity contribution in [1.82, 2.24) is 4.90 Å². The Balaban J connectivity index is 1.96. The van der Waals surface area contributed by atoms with E-state index in [9.17, 15) is 0 Å². The van der Waals surface area contributed by atoms with Crippen molar-refractivity contribution >= 4 is 0 Å². The standard InChI is InChI=1S/C11H21N/c1-3-12-7-10-4-9(2)5-11(6-10)8-12/h9-11H,3-8H2,1-2H3. The van der Waals surface area contributed by atoms with Crippen LogP contribution in [0.15, 0.2) is 0 Å². The largest absolute Gasteiger partial charge is 0.303 e. The number of nitrogens with zero attached hydrogens (tertiary/aromatic N) is 1. The summed E-state index contributed by atoms with van der Waals surface area (Å²) in [6.45, 7) is 8.77. The molecule has 12 heavy (non-hydrogen) atoms. The van der Waals surface area contributed by atoms with E-state index in [-0.39, 0.29) is 0 Å². The minimum atomic E-state index is 1.01. The monoisotopic (exact) mass is 167 g/mol. The van der Waals surface area contributed by atoms with Crippen LogP contribution < -0.4 is 0 Å². The number of hydrogen-bond acceptors (Lipinski definition) is 1. The lowest BCUT2D eigenvalue weighted by molar-refractivity contribution is 0.0667. The van der Waals surface area contributed by atoms with Gasteiger partial charge in [-0.15, -0.1) is 0 Å². The Bertz CT molecular complexity index is 137. The number of rotatable bonds is 1.